The number of carboxylic acid groups (broad SMARTS) is 1. The van der Waals surface area contributed by atoms with Crippen LogP contribution in [0.4, 0.5) is 4.39 Å². The van der Waals surface area contributed by atoms with Gasteiger partial charge >= 0.3 is 5.97 Å². The third-order valence-electron chi connectivity index (χ3n) is 3.46. The second-order valence-corrected chi connectivity index (χ2v) is 7.95. The molecule has 0 bridgehead atoms. The normalized spacial score (nSPS) is 16.0. The average Bonchev–Trinajstić information content (AvgIpc) is 3.12. The van der Waals surface area contributed by atoms with E-state index in [2.05, 4.69) is 0 Å². The summed E-state index contributed by atoms with van der Waals surface area (Å²) >= 11 is 7.67. The third-order valence-corrected chi connectivity index (χ3v) is 5.91. The topological polar surface area (TPSA) is 57.6 Å². The van der Waals surface area contributed by atoms with Gasteiger partial charge in [0.25, 0.3) is 5.91 Å². The number of aliphatic carboxylic acids is 1. The van der Waals surface area contributed by atoms with E-state index in [1.54, 1.807) is 30.3 Å². The quantitative estimate of drug-likeness (QED) is 0.609. The van der Waals surface area contributed by atoms with Crippen LogP contribution in [0, 0.1) is 5.82 Å². The fourth-order valence-electron chi connectivity index (χ4n) is 2.27. The van der Waals surface area contributed by atoms with Crippen LogP contribution < -0.4 is 0 Å². The van der Waals surface area contributed by atoms with Crippen molar-refractivity contribution in [1.29, 1.82) is 0 Å². The Morgan fingerprint density at radius 2 is 2.04 bits per heavy atom. The number of carboxylic acids is 1. The minimum absolute atomic E-state index is 0.0578. The van der Waals surface area contributed by atoms with Crippen molar-refractivity contribution in [3.63, 3.8) is 0 Å². The molecule has 128 valence electrons. The van der Waals surface area contributed by atoms with E-state index in [4.69, 9.17) is 17.3 Å². The number of hydrogen-bond acceptors (Lipinski definition) is 5. The van der Waals surface area contributed by atoms with E-state index in [9.17, 15) is 14.0 Å². The first-order valence-corrected chi connectivity index (χ1v) is 9.32. The summed E-state index contributed by atoms with van der Waals surface area (Å²) in [6, 6.07) is 10.1. The Morgan fingerprint density at radius 3 is 2.76 bits per heavy atom. The van der Waals surface area contributed by atoms with Crippen molar-refractivity contribution in [1.82, 2.24) is 4.90 Å². The van der Waals surface area contributed by atoms with E-state index in [0.29, 0.717) is 14.8 Å². The van der Waals surface area contributed by atoms with E-state index in [-0.39, 0.29) is 24.7 Å². The van der Waals surface area contributed by atoms with E-state index in [1.165, 1.54) is 22.3 Å². The number of thiocarbonyl (C=S) groups is 1. The monoisotopic (exact) mass is 393 g/mol. The fourth-order valence-corrected chi connectivity index (χ4v) is 4.62. The summed E-state index contributed by atoms with van der Waals surface area (Å²) in [6.07, 6.45) is 1.55. The van der Waals surface area contributed by atoms with Crippen molar-refractivity contribution in [2.24, 2.45) is 0 Å². The standard InChI is InChI=1S/C17H12FNO3S3/c18-12-4-2-1-3-11(12)13-6-5-10(24-13)9-14-16(22)19(17(23)25-14)8-7-15(20)21/h1-6,9H,7-8H2,(H,20,21)/b14-9+. The van der Waals surface area contributed by atoms with Gasteiger partial charge in [-0.1, -0.05) is 42.2 Å². The minimum atomic E-state index is -0.981. The first-order chi connectivity index (χ1) is 12.0. The van der Waals surface area contributed by atoms with Gasteiger partial charge in [0.15, 0.2) is 0 Å². The number of carbonyl (C=O) groups excluding carboxylic acids is 1. The molecule has 1 aliphatic rings. The van der Waals surface area contributed by atoms with Gasteiger partial charge in [-0.15, -0.1) is 11.3 Å². The molecule has 0 radical (unpaired) electrons. The fraction of sp³-hybridized carbons (Fsp3) is 0.118. The number of rotatable bonds is 5. The van der Waals surface area contributed by atoms with Crippen molar-refractivity contribution >= 4 is 57.6 Å². The predicted octanol–water partition coefficient (Wildman–Crippen LogP) is 4.23. The van der Waals surface area contributed by atoms with Gasteiger partial charge in [-0.3, -0.25) is 14.5 Å². The molecule has 1 fully saturated rings. The zero-order valence-corrected chi connectivity index (χ0v) is 15.2. The maximum atomic E-state index is 13.9. The molecule has 1 N–H and O–H groups in total. The van der Waals surface area contributed by atoms with Crippen molar-refractivity contribution in [3.8, 4) is 10.4 Å². The maximum absolute atomic E-state index is 13.9. The van der Waals surface area contributed by atoms with Gasteiger partial charge in [0, 0.05) is 21.9 Å². The van der Waals surface area contributed by atoms with Gasteiger partial charge in [-0.2, -0.15) is 0 Å². The molecule has 1 aromatic carbocycles. The van der Waals surface area contributed by atoms with Crippen LogP contribution in [0.25, 0.3) is 16.5 Å². The van der Waals surface area contributed by atoms with E-state index >= 15 is 0 Å². The van der Waals surface area contributed by atoms with Crippen LogP contribution in [0.1, 0.15) is 11.3 Å². The lowest BCUT2D eigenvalue weighted by Crippen LogP contribution is -2.30. The minimum Gasteiger partial charge on any atom is -0.481 e. The smallest absolute Gasteiger partial charge is 0.305 e. The van der Waals surface area contributed by atoms with Gasteiger partial charge in [0.2, 0.25) is 0 Å². The molecule has 0 saturated carbocycles. The molecule has 3 rings (SSSR count). The lowest BCUT2D eigenvalue weighted by atomic mass is 10.2. The Labute approximate surface area is 157 Å². The number of carbonyl (C=O) groups is 2. The third kappa shape index (κ3) is 3.97. The van der Waals surface area contributed by atoms with Crippen LogP contribution in [-0.4, -0.2) is 32.7 Å². The molecule has 1 saturated heterocycles. The van der Waals surface area contributed by atoms with Crippen molar-refractivity contribution in [2.45, 2.75) is 6.42 Å². The Kier molecular flexibility index (Phi) is 5.31. The largest absolute Gasteiger partial charge is 0.481 e. The number of halogens is 1. The van der Waals surface area contributed by atoms with Gasteiger partial charge in [-0.25, -0.2) is 4.39 Å². The van der Waals surface area contributed by atoms with Gasteiger partial charge in [-0.05, 0) is 24.3 Å². The molecule has 2 aromatic rings. The molecule has 4 nitrogen and oxygen atoms in total. The number of thiophene rings is 1. The van der Waals surface area contributed by atoms with E-state index in [1.807, 2.05) is 6.07 Å². The lowest BCUT2D eigenvalue weighted by Gasteiger charge is -2.12. The summed E-state index contributed by atoms with van der Waals surface area (Å²) in [6.45, 7) is 0.0578. The molecule has 1 aliphatic heterocycles. The number of nitrogens with zero attached hydrogens (tertiary/aromatic N) is 1. The summed E-state index contributed by atoms with van der Waals surface area (Å²) in [5, 5.41) is 8.75. The highest BCUT2D eigenvalue weighted by molar-refractivity contribution is 8.26. The highest BCUT2D eigenvalue weighted by Crippen LogP contribution is 2.36. The number of amides is 1. The molecule has 8 heteroatoms. The van der Waals surface area contributed by atoms with Crippen LogP contribution in [0.3, 0.4) is 0 Å². The second kappa shape index (κ2) is 7.47. The Bertz CT molecular complexity index is 891. The van der Waals surface area contributed by atoms with Gasteiger partial charge in [0.05, 0.1) is 11.3 Å². The molecule has 0 unspecified atom stereocenters. The summed E-state index contributed by atoms with van der Waals surface area (Å²) in [5.74, 6) is -1.57. The first-order valence-electron chi connectivity index (χ1n) is 7.27. The van der Waals surface area contributed by atoms with Crippen molar-refractivity contribution < 1.29 is 19.1 Å². The first kappa shape index (κ1) is 17.8. The van der Waals surface area contributed by atoms with E-state index in [0.717, 1.165) is 21.5 Å². The highest BCUT2D eigenvalue weighted by atomic mass is 32.2. The molecule has 0 spiro atoms. The number of hydrogen-bond donors (Lipinski definition) is 1. The molecule has 0 atom stereocenters. The SMILES string of the molecule is O=C(O)CCN1C(=O)/C(=C\c2ccc(-c3ccccc3F)s2)SC1=S. The highest BCUT2D eigenvalue weighted by Gasteiger charge is 2.32. The average molecular weight is 393 g/mol. The Morgan fingerprint density at radius 1 is 1.28 bits per heavy atom. The molecule has 25 heavy (non-hydrogen) atoms. The molecule has 0 aliphatic carbocycles. The molecular formula is C17H12FNO3S3. The molecule has 1 aromatic heterocycles. The summed E-state index contributed by atoms with van der Waals surface area (Å²) < 4.78 is 14.2. The van der Waals surface area contributed by atoms with Crippen LogP contribution in [0.2, 0.25) is 0 Å². The summed E-state index contributed by atoms with van der Waals surface area (Å²) in [5.41, 5.74) is 0.515. The van der Waals surface area contributed by atoms with Crippen LogP contribution >= 0.6 is 35.3 Å². The number of benzene rings is 1. The second-order valence-electron chi connectivity index (χ2n) is 5.16. The van der Waals surface area contributed by atoms with Gasteiger partial charge in [0.1, 0.15) is 10.1 Å². The lowest BCUT2D eigenvalue weighted by molar-refractivity contribution is -0.137. The van der Waals surface area contributed by atoms with Crippen LogP contribution in [0.15, 0.2) is 41.3 Å². The van der Waals surface area contributed by atoms with Crippen LogP contribution in [-0.2, 0) is 9.59 Å². The maximum Gasteiger partial charge on any atom is 0.305 e. The van der Waals surface area contributed by atoms with Crippen molar-refractivity contribution in [3.05, 3.63) is 52.0 Å². The zero-order chi connectivity index (χ0) is 18.0. The van der Waals surface area contributed by atoms with Crippen molar-refractivity contribution in [2.75, 3.05) is 6.54 Å². The number of thioether (sulfide) groups is 1. The summed E-state index contributed by atoms with van der Waals surface area (Å²) in [7, 11) is 0. The Hall–Kier alpha value is -2.03. The molecule has 1 amide bonds. The molecule has 2 heterocycles. The van der Waals surface area contributed by atoms with E-state index < -0.39 is 5.97 Å². The summed E-state index contributed by atoms with van der Waals surface area (Å²) in [4.78, 5) is 26.4. The molecular weight excluding hydrogens is 381 g/mol. The van der Waals surface area contributed by atoms with Gasteiger partial charge < -0.3 is 5.11 Å². The predicted molar refractivity (Wildman–Crippen MR) is 102 cm³/mol. The van der Waals surface area contributed by atoms with Crippen LogP contribution in [0.5, 0.6) is 0 Å². The Balaban J connectivity index is 1.80. The zero-order valence-electron chi connectivity index (χ0n) is 12.8.